The summed E-state index contributed by atoms with van der Waals surface area (Å²) in [6, 6.07) is 9.92. The van der Waals surface area contributed by atoms with Crippen LogP contribution in [-0.2, 0) is 36.5 Å². The fraction of sp³-hybridized carbons (Fsp3) is 0.333. The van der Waals surface area contributed by atoms with Crippen molar-refractivity contribution >= 4 is 31.9 Å². The Balaban J connectivity index is 1.82. The summed E-state index contributed by atoms with van der Waals surface area (Å²) >= 11 is 0. The van der Waals surface area contributed by atoms with Gasteiger partial charge in [-0.2, -0.15) is 0 Å². The van der Waals surface area contributed by atoms with Crippen LogP contribution in [0.2, 0.25) is 0 Å². The zero-order valence-corrected chi connectivity index (χ0v) is 18.2. The van der Waals surface area contributed by atoms with Crippen molar-refractivity contribution in [2.75, 3.05) is 12.0 Å². The van der Waals surface area contributed by atoms with Gasteiger partial charge in [-0.15, -0.1) is 0 Å². The van der Waals surface area contributed by atoms with E-state index in [2.05, 4.69) is 0 Å². The molecule has 2 aromatic carbocycles. The lowest BCUT2D eigenvalue weighted by Crippen LogP contribution is -2.24. The Kier molecular flexibility index (Phi) is 5.44. The highest BCUT2D eigenvalue weighted by Crippen LogP contribution is 2.21. The molecule has 8 nitrogen and oxygen atoms in total. The number of fused-ring (bicyclic) bond motifs is 2. The SMILES string of the molecule is Cn1c(=O)n(Cc2nc3cc(CN)ccc3n2CCCS(C)(=O)=O)c2cc(F)ccc21. The first-order valence-corrected chi connectivity index (χ1v) is 11.9. The first-order valence-electron chi connectivity index (χ1n) is 9.88. The average molecular weight is 446 g/mol. The number of halogens is 1. The third-order valence-electron chi connectivity index (χ3n) is 5.43. The van der Waals surface area contributed by atoms with Crippen LogP contribution in [-0.4, -0.2) is 39.1 Å². The Morgan fingerprint density at radius 2 is 1.81 bits per heavy atom. The highest BCUT2D eigenvalue weighted by atomic mass is 32.2. The van der Waals surface area contributed by atoms with Gasteiger partial charge in [-0.25, -0.2) is 22.6 Å². The largest absolute Gasteiger partial charge is 0.329 e. The van der Waals surface area contributed by atoms with E-state index in [0.29, 0.717) is 36.4 Å². The lowest BCUT2D eigenvalue weighted by molar-refractivity contribution is 0.585. The van der Waals surface area contributed by atoms with Crippen molar-refractivity contribution in [3.8, 4) is 0 Å². The third kappa shape index (κ3) is 4.13. The summed E-state index contributed by atoms with van der Waals surface area (Å²) < 4.78 is 41.9. The van der Waals surface area contributed by atoms with Gasteiger partial charge in [0.25, 0.3) is 0 Å². The van der Waals surface area contributed by atoms with E-state index < -0.39 is 15.7 Å². The molecule has 164 valence electrons. The van der Waals surface area contributed by atoms with Crippen molar-refractivity contribution in [2.45, 2.75) is 26.1 Å². The molecule has 4 aromatic rings. The molecule has 0 radical (unpaired) electrons. The molecule has 0 amide bonds. The van der Waals surface area contributed by atoms with Crippen LogP contribution in [0.15, 0.2) is 41.2 Å². The molecule has 31 heavy (non-hydrogen) atoms. The maximum Gasteiger partial charge on any atom is 0.329 e. The van der Waals surface area contributed by atoms with Crippen LogP contribution in [0.3, 0.4) is 0 Å². The smallest absolute Gasteiger partial charge is 0.326 e. The lowest BCUT2D eigenvalue weighted by atomic mass is 10.2. The molecule has 0 saturated carbocycles. The van der Waals surface area contributed by atoms with E-state index >= 15 is 0 Å². The van der Waals surface area contributed by atoms with Crippen LogP contribution >= 0.6 is 0 Å². The molecule has 0 saturated heterocycles. The minimum absolute atomic E-state index is 0.0480. The first kappa shape index (κ1) is 21.3. The molecule has 0 aliphatic carbocycles. The minimum Gasteiger partial charge on any atom is -0.326 e. The summed E-state index contributed by atoms with van der Waals surface area (Å²) in [5, 5.41) is 0. The summed E-state index contributed by atoms with van der Waals surface area (Å²) in [7, 11) is -1.46. The molecule has 4 rings (SSSR count). The average Bonchev–Trinajstić information content (AvgIpc) is 3.16. The Hall–Kier alpha value is -2.98. The molecule has 0 spiro atoms. The highest BCUT2D eigenvalue weighted by Gasteiger charge is 2.17. The van der Waals surface area contributed by atoms with Gasteiger partial charge in [0, 0.05) is 26.4 Å². The number of imidazole rings is 2. The number of hydrogen-bond donors (Lipinski definition) is 1. The number of hydrogen-bond acceptors (Lipinski definition) is 5. The van der Waals surface area contributed by atoms with E-state index in [0.717, 1.165) is 16.6 Å². The molecule has 10 heteroatoms. The van der Waals surface area contributed by atoms with Gasteiger partial charge in [-0.3, -0.25) is 9.13 Å². The number of nitrogens with zero attached hydrogens (tertiary/aromatic N) is 4. The zero-order chi connectivity index (χ0) is 22.3. The maximum atomic E-state index is 13.9. The number of aryl methyl sites for hydroxylation is 2. The summed E-state index contributed by atoms with van der Waals surface area (Å²) in [5.41, 5.74) is 9.04. The second kappa shape index (κ2) is 7.93. The summed E-state index contributed by atoms with van der Waals surface area (Å²) in [5.74, 6) is 0.213. The van der Waals surface area contributed by atoms with Crippen molar-refractivity contribution in [3.63, 3.8) is 0 Å². The van der Waals surface area contributed by atoms with Crippen LogP contribution < -0.4 is 11.4 Å². The van der Waals surface area contributed by atoms with E-state index in [1.54, 1.807) is 13.1 Å². The van der Waals surface area contributed by atoms with Gasteiger partial charge in [0.15, 0.2) is 0 Å². The first-order chi connectivity index (χ1) is 14.7. The highest BCUT2D eigenvalue weighted by molar-refractivity contribution is 7.90. The van der Waals surface area contributed by atoms with Crippen molar-refractivity contribution in [2.24, 2.45) is 12.8 Å². The standard InChI is InChI=1S/C21H24FN5O3S/c1-25-18-7-5-15(22)11-19(18)27(21(25)28)13-20-24-16-10-14(12-23)4-6-17(16)26(20)8-3-9-31(2,29)30/h4-7,10-11H,3,8-9,12-13,23H2,1-2H3. The molecule has 2 heterocycles. The van der Waals surface area contributed by atoms with Gasteiger partial charge < -0.3 is 10.3 Å². The van der Waals surface area contributed by atoms with Gasteiger partial charge >= 0.3 is 5.69 Å². The normalized spacial score (nSPS) is 12.3. The molecule has 0 unspecified atom stereocenters. The number of aromatic nitrogens is 4. The van der Waals surface area contributed by atoms with E-state index in [4.69, 9.17) is 10.7 Å². The summed E-state index contributed by atoms with van der Waals surface area (Å²) in [6.07, 6.45) is 1.62. The van der Waals surface area contributed by atoms with Gasteiger partial charge in [-0.05, 0) is 42.3 Å². The molecule has 2 N–H and O–H groups in total. The second-order valence-electron chi connectivity index (χ2n) is 7.75. The lowest BCUT2D eigenvalue weighted by Gasteiger charge is -2.10. The van der Waals surface area contributed by atoms with Gasteiger partial charge in [0.2, 0.25) is 0 Å². The van der Waals surface area contributed by atoms with Crippen molar-refractivity contribution in [1.82, 2.24) is 18.7 Å². The van der Waals surface area contributed by atoms with Crippen LogP contribution in [0.5, 0.6) is 0 Å². The second-order valence-corrected chi connectivity index (χ2v) is 10.0. The van der Waals surface area contributed by atoms with E-state index in [-0.39, 0.29) is 18.0 Å². The Bertz CT molecular complexity index is 1450. The minimum atomic E-state index is -3.10. The molecular formula is C21H24FN5O3S. The van der Waals surface area contributed by atoms with Crippen LogP contribution in [0, 0.1) is 5.82 Å². The Morgan fingerprint density at radius 3 is 2.52 bits per heavy atom. The van der Waals surface area contributed by atoms with Gasteiger partial charge in [0.1, 0.15) is 21.5 Å². The van der Waals surface area contributed by atoms with Crippen molar-refractivity contribution in [1.29, 1.82) is 0 Å². The quantitative estimate of drug-likeness (QED) is 0.467. The number of nitrogens with two attached hydrogens (primary N) is 1. The van der Waals surface area contributed by atoms with E-state index in [1.807, 2.05) is 22.8 Å². The molecule has 0 aliphatic rings. The predicted molar refractivity (Wildman–Crippen MR) is 118 cm³/mol. The molecule has 0 bridgehead atoms. The van der Waals surface area contributed by atoms with E-state index in [1.165, 1.54) is 27.5 Å². The zero-order valence-electron chi connectivity index (χ0n) is 17.4. The third-order valence-corrected chi connectivity index (χ3v) is 6.46. The molecule has 0 aliphatic heterocycles. The van der Waals surface area contributed by atoms with E-state index in [9.17, 15) is 17.6 Å². The Morgan fingerprint density at radius 1 is 1.06 bits per heavy atom. The van der Waals surface area contributed by atoms with Crippen LogP contribution in [0.4, 0.5) is 4.39 Å². The maximum absolute atomic E-state index is 13.9. The number of sulfone groups is 1. The van der Waals surface area contributed by atoms with Gasteiger partial charge in [0.05, 0.1) is 34.4 Å². The molecular weight excluding hydrogens is 421 g/mol. The van der Waals surface area contributed by atoms with Crippen molar-refractivity contribution < 1.29 is 12.8 Å². The Labute approximate surface area is 178 Å². The fourth-order valence-electron chi connectivity index (χ4n) is 3.89. The molecule has 2 aromatic heterocycles. The topological polar surface area (TPSA) is 105 Å². The molecule has 0 atom stereocenters. The van der Waals surface area contributed by atoms with Crippen LogP contribution in [0.25, 0.3) is 22.1 Å². The predicted octanol–water partition coefficient (Wildman–Crippen LogP) is 1.77. The number of benzene rings is 2. The summed E-state index contributed by atoms with van der Waals surface area (Å²) in [4.78, 5) is 17.6. The summed E-state index contributed by atoms with van der Waals surface area (Å²) in [6.45, 7) is 0.925. The molecule has 0 fully saturated rings. The fourth-order valence-corrected chi connectivity index (χ4v) is 4.54. The van der Waals surface area contributed by atoms with Gasteiger partial charge in [-0.1, -0.05) is 6.07 Å². The van der Waals surface area contributed by atoms with Crippen LogP contribution in [0.1, 0.15) is 17.8 Å². The monoisotopic (exact) mass is 445 g/mol. The van der Waals surface area contributed by atoms with Crippen molar-refractivity contribution in [3.05, 3.63) is 64.1 Å². The number of rotatable bonds is 7.